The molecule has 0 atom stereocenters. The smallest absolute Gasteiger partial charge is 0.151 e. The number of fused-ring (bicyclic) bond motifs is 3. The lowest BCUT2D eigenvalue weighted by Crippen LogP contribution is -1.89. The number of halogens is 2. The van der Waals surface area contributed by atoms with Crippen LogP contribution in [0.25, 0.3) is 16.6 Å². The van der Waals surface area contributed by atoms with E-state index in [2.05, 4.69) is 25.9 Å². The molecule has 0 radical (unpaired) electrons. The summed E-state index contributed by atoms with van der Waals surface area (Å²) >= 11 is 9.44. The first kappa shape index (κ1) is 10.1. The lowest BCUT2D eigenvalue weighted by Gasteiger charge is -2.01. The van der Waals surface area contributed by atoms with E-state index in [0.717, 1.165) is 26.7 Å². The molecule has 0 aliphatic rings. The van der Waals surface area contributed by atoms with Crippen molar-refractivity contribution in [2.45, 2.75) is 6.92 Å². The van der Waals surface area contributed by atoms with E-state index < -0.39 is 0 Å². The molecule has 0 bridgehead atoms. The van der Waals surface area contributed by atoms with Crippen LogP contribution in [0.15, 0.2) is 29.0 Å². The first-order chi connectivity index (χ1) is 7.66. The molecule has 0 spiro atoms. The van der Waals surface area contributed by atoms with Gasteiger partial charge in [-0.25, -0.2) is 4.98 Å². The molecule has 0 amide bonds. The number of nitrogens with zero attached hydrogens (tertiary/aromatic N) is 3. The summed E-state index contributed by atoms with van der Waals surface area (Å²) in [6.45, 7) is 1.94. The molecule has 3 rings (SSSR count). The Bertz CT molecular complexity index is 705. The SMILES string of the molecule is Cc1c(Cl)nc2c3cc(Br)cnc3ccn12. The highest BCUT2D eigenvalue weighted by Crippen LogP contribution is 2.25. The molecule has 3 heterocycles. The maximum atomic E-state index is 6.03. The van der Waals surface area contributed by atoms with Crippen LogP contribution in [-0.4, -0.2) is 14.4 Å². The van der Waals surface area contributed by atoms with Gasteiger partial charge in [-0.15, -0.1) is 0 Å². The van der Waals surface area contributed by atoms with Crippen LogP contribution in [0, 0.1) is 6.92 Å². The Kier molecular flexibility index (Phi) is 2.16. The molecule has 0 saturated heterocycles. The number of hydrogen-bond acceptors (Lipinski definition) is 2. The summed E-state index contributed by atoms with van der Waals surface area (Å²) < 4.78 is 2.91. The minimum Gasteiger partial charge on any atom is -0.302 e. The van der Waals surface area contributed by atoms with Crippen molar-refractivity contribution in [3.63, 3.8) is 0 Å². The molecule has 3 aromatic heterocycles. The highest BCUT2D eigenvalue weighted by atomic mass is 79.9. The Labute approximate surface area is 105 Å². The zero-order valence-corrected chi connectivity index (χ0v) is 10.7. The Hall–Kier alpha value is -1.13. The average Bonchev–Trinajstić information content (AvgIpc) is 2.56. The largest absolute Gasteiger partial charge is 0.302 e. The van der Waals surface area contributed by atoms with Gasteiger partial charge in [0.25, 0.3) is 0 Å². The van der Waals surface area contributed by atoms with Crippen LogP contribution in [0.1, 0.15) is 5.69 Å². The van der Waals surface area contributed by atoms with Crippen molar-refractivity contribution in [1.29, 1.82) is 0 Å². The monoisotopic (exact) mass is 295 g/mol. The fourth-order valence-corrected chi connectivity index (χ4v) is 2.27. The van der Waals surface area contributed by atoms with Crippen LogP contribution < -0.4 is 0 Å². The molecular weight excluding hydrogens is 289 g/mol. The maximum absolute atomic E-state index is 6.03. The average molecular weight is 297 g/mol. The van der Waals surface area contributed by atoms with Crippen molar-refractivity contribution >= 4 is 44.1 Å². The second kappa shape index (κ2) is 3.43. The summed E-state index contributed by atoms with van der Waals surface area (Å²) in [5, 5.41) is 1.53. The van der Waals surface area contributed by atoms with Crippen molar-refractivity contribution in [2.75, 3.05) is 0 Å². The molecule has 0 unspecified atom stereocenters. The van der Waals surface area contributed by atoms with E-state index in [-0.39, 0.29) is 0 Å². The van der Waals surface area contributed by atoms with Crippen LogP contribution in [0.3, 0.4) is 0 Å². The fourth-order valence-electron chi connectivity index (χ4n) is 1.77. The Morgan fingerprint density at radius 2 is 2.25 bits per heavy atom. The summed E-state index contributed by atoms with van der Waals surface area (Å²) in [7, 11) is 0. The summed E-state index contributed by atoms with van der Waals surface area (Å²) in [6.07, 6.45) is 3.71. The number of pyridine rings is 2. The van der Waals surface area contributed by atoms with E-state index in [1.165, 1.54) is 0 Å². The summed E-state index contributed by atoms with van der Waals surface area (Å²) in [6, 6.07) is 3.96. The molecule has 3 nitrogen and oxygen atoms in total. The Morgan fingerprint density at radius 3 is 3.06 bits per heavy atom. The van der Waals surface area contributed by atoms with Crippen LogP contribution in [0.4, 0.5) is 0 Å². The fraction of sp³-hybridized carbons (Fsp3) is 0.0909. The summed E-state index contributed by atoms with van der Waals surface area (Å²) in [4.78, 5) is 8.68. The van der Waals surface area contributed by atoms with Gasteiger partial charge in [0.2, 0.25) is 0 Å². The molecule has 16 heavy (non-hydrogen) atoms. The highest BCUT2D eigenvalue weighted by molar-refractivity contribution is 9.10. The number of aryl methyl sites for hydroxylation is 1. The minimum absolute atomic E-state index is 0.535. The van der Waals surface area contributed by atoms with Crippen molar-refractivity contribution < 1.29 is 0 Å². The molecule has 0 aliphatic carbocycles. The van der Waals surface area contributed by atoms with Gasteiger partial charge in [-0.05, 0) is 35.0 Å². The quantitative estimate of drug-likeness (QED) is 0.634. The summed E-state index contributed by atoms with van der Waals surface area (Å²) in [5.74, 6) is 0. The Balaban J connectivity index is 2.57. The van der Waals surface area contributed by atoms with Crippen molar-refractivity contribution in [3.05, 3.63) is 39.8 Å². The molecule has 3 aromatic rings. The zero-order valence-electron chi connectivity index (χ0n) is 8.41. The van der Waals surface area contributed by atoms with Crippen LogP contribution in [0.5, 0.6) is 0 Å². The molecule has 0 saturated carbocycles. The van der Waals surface area contributed by atoms with Gasteiger partial charge >= 0.3 is 0 Å². The molecule has 5 heteroatoms. The van der Waals surface area contributed by atoms with E-state index in [1.54, 1.807) is 6.20 Å². The van der Waals surface area contributed by atoms with E-state index >= 15 is 0 Å². The van der Waals surface area contributed by atoms with Crippen molar-refractivity contribution in [1.82, 2.24) is 14.4 Å². The van der Waals surface area contributed by atoms with Gasteiger partial charge in [0.15, 0.2) is 5.15 Å². The number of hydrogen-bond donors (Lipinski definition) is 0. The van der Waals surface area contributed by atoms with E-state index in [0.29, 0.717) is 5.15 Å². The van der Waals surface area contributed by atoms with Crippen molar-refractivity contribution in [3.8, 4) is 0 Å². The predicted octanol–water partition coefficient (Wildman–Crippen LogP) is 3.61. The molecule has 0 N–H and O–H groups in total. The van der Waals surface area contributed by atoms with Gasteiger partial charge < -0.3 is 4.40 Å². The predicted molar refractivity (Wildman–Crippen MR) is 67.9 cm³/mol. The third kappa shape index (κ3) is 1.33. The van der Waals surface area contributed by atoms with Gasteiger partial charge in [0, 0.05) is 22.3 Å². The van der Waals surface area contributed by atoms with Crippen LogP contribution >= 0.6 is 27.5 Å². The van der Waals surface area contributed by atoms with Gasteiger partial charge in [0.1, 0.15) is 5.65 Å². The van der Waals surface area contributed by atoms with Crippen LogP contribution in [0.2, 0.25) is 5.15 Å². The second-order valence-corrected chi connectivity index (χ2v) is 4.86. The standard InChI is InChI=1S/C11H7BrClN3/c1-6-10(13)15-11-8-4-7(12)5-14-9(8)2-3-16(6)11/h2-5H,1H3. The van der Waals surface area contributed by atoms with Gasteiger partial charge in [-0.2, -0.15) is 0 Å². The van der Waals surface area contributed by atoms with Gasteiger partial charge in [0.05, 0.1) is 11.2 Å². The lowest BCUT2D eigenvalue weighted by molar-refractivity contribution is 1.12. The Morgan fingerprint density at radius 1 is 1.44 bits per heavy atom. The third-order valence-corrected chi connectivity index (χ3v) is 3.39. The molecule has 0 aliphatic heterocycles. The second-order valence-electron chi connectivity index (χ2n) is 3.58. The van der Waals surface area contributed by atoms with E-state index in [9.17, 15) is 0 Å². The third-order valence-electron chi connectivity index (χ3n) is 2.60. The topological polar surface area (TPSA) is 30.2 Å². The molecule has 80 valence electrons. The number of imidazole rings is 1. The normalized spacial score (nSPS) is 11.4. The van der Waals surface area contributed by atoms with Crippen LogP contribution in [-0.2, 0) is 0 Å². The zero-order chi connectivity index (χ0) is 11.3. The molecular formula is C11H7BrClN3. The van der Waals surface area contributed by atoms with Gasteiger partial charge in [-0.3, -0.25) is 4.98 Å². The lowest BCUT2D eigenvalue weighted by atomic mass is 10.2. The molecule has 0 aromatic carbocycles. The first-order valence-electron chi connectivity index (χ1n) is 4.75. The minimum atomic E-state index is 0.535. The van der Waals surface area contributed by atoms with E-state index in [1.807, 2.05) is 29.7 Å². The van der Waals surface area contributed by atoms with Crippen molar-refractivity contribution in [2.24, 2.45) is 0 Å². The maximum Gasteiger partial charge on any atom is 0.151 e. The first-order valence-corrected chi connectivity index (χ1v) is 5.92. The number of rotatable bonds is 0. The number of aromatic nitrogens is 3. The van der Waals surface area contributed by atoms with Gasteiger partial charge in [-0.1, -0.05) is 11.6 Å². The molecule has 0 fully saturated rings. The highest BCUT2D eigenvalue weighted by Gasteiger charge is 2.09. The summed E-state index contributed by atoms with van der Waals surface area (Å²) in [5.41, 5.74) is 2.70. The van der Waals surface area contributed by atoms with E-state index in [4.69, 9.17) is 11.6 Å².